The van der Waals surface area contributed by atoms with Crippen LogP contribution in [0.15, 0.2) is 10.1 Å². The summed E-state index contributed by atoms with van der Waals surface area (Å²) < 4.78 is -3.72. The van der Waals surface area contributed by atoms with Crippen LogP contribution in [0.5, 0.6) is 0 Å². The Balaban J connectivity index is 5.01. The number of hydrogen-bond acceptors (Lipinski definition) is 0. The van der Waals surface area contributed by atoms with E-state index in [-0.39, 0.29) is 10.1 Å². The molecular formula is C5H3Cl7. The Morgan fingerprint density at radius 3 is 1.33 bits per heavy atom. The fraction of sp³-hybridized carbons (Fsp3) is 0.600. The maximum atomic E-state index is 5.70. The van der Waals surface area contributed by atoms with Gasteiger partial charge >= 0.3 is 0 Å². The van der Waals surface area contributed by atoms with E-state index in [4.69, 9.17) is 81.2 Å². The second-order valence-corrected chi connectivity index (χ2v) is 6.52. The van der Waals surface area contributed by atoms with Crippen molar-refractivity contribution in [2.24, 2.45) is 0 Å². The van der Waals surface area contributed by atoms with Gasteiger partial charge in [-0.3, -0.25) is 0 Å². The first-order valence-electron chi connectivity index (χ1n) is 2.57. The molecule has 0 aliphatic heterocycles. The van der Waals surface area contributed by atoms with Crippen LogP contribution in [0.1, 0.15) is 6.92 Å². The molecule has 0 aromatic carbocycles. The third-order valence-electron chi connectivity index (χ3n) is 1.11. The molecule has 12 heavy (non-hydrogen) atoms. The Hall–Kier alpha value is 1.77. The first-order chi connectivity index (χ1) is 5.10. The van der Waals surface area contributed by atoms with Crippen LogP contribution in [0.2, 0.25) is 0 Å². The van der Waals surface area contributed by atoms with Gasteiger partial charge in [-0.2, -0.15) is 0 Å². The summed E-state index contributed by atoms with van der Waals surface area (Å²) in [4.78, 5) is 0. The van der Waals surface area contributed by atoms with Crippen molar-refractivity contribution in [3.8, 4) is 0 Å². The van der Waals surface area contributed by atoms with E-state index in [0.717, 1.165) is 0 Å². The summed E-state index contributed by atoms with van der Waals surface area (Å²) in [6, 6.07) is 0. The van der Waals surface area contributed by atoms with Gasteiger partial charge < -0.3 is 0 Å². The Bertz CT molecular complexity index is 194. The number of hydrogen-bond donors (Lipinski definition) is 0. The van der Waals surface area contributed by atoms with Crippen molar-refractivity contribution in [1.29, 1.82) is 0 Å². The Kier molecular flexibility index (Phi) is 5.19. The molecule has 0 radical (unpaired) electrons. The Labute approximate surface area is 106 Å². The zero-order valence-corrected chi connectivity index (χ0v) is 10.9. The molecule has 0 aromatic rings. The van der Waals surface area contributed by atoms with Crippen LogP contribution < -0.4 is 0 Å². The number of allylic oxidation sites excluding steroid dienone is 1. The second-order valence-electron chi connectivity index (χ2n) is 1.96. The average Bonchev–Trinajstić information content (AvgIpc) is 1.83. The standard InChI is InChI=1S/C5H3Cl7/c1-2(3(6)7)4(8,9)5(10,11)12/h1H3. The Morgan fingerprint density at radius 1 is 0.917 bits per heavy atom. The third-order valence-corrected chi connectivity index (χ3v) is 4.24. The molecule has 0 aliphatic carbocycles. The van der Waals surface area contributed by atoms with Crippen LogP contribution in [0.4, 0.5) is 0 Å². The normalized spacial score (nSPS) is 13.0. The van der Waals surface area contributed by atoms with Gasteiger partial charge in [0.2, 0.25) is 3.79 Å². The van der Waals surface area contributed by atoms with Gasteiger partial charge in [0.1, 0.15) is 4.49 Å². The lowest BCUT2D eigenvalue weighted by molar-refractivity contribution is 0.920. The van der Waals surface area contributed by atoms with E-state index < -0.39 is 8.13 Å². The van der Waals surface area contributed by atoms with Crippen molar-refractivity contribution in [3.63, 3.8) is 0 Å². The molecule has 0 aromatic heterocycles. The lowest BCUT2D eigenvalue weighted by atomic mass is 10.2. The molecule has 7 heteroatoms. The van der Waals surface area contributed by atoms with Crippen molar-refractivity contribution in [1.82, 2.24) is 0 Å². The van der Waals surface area contributed by atoms with Gasteiger partial charge in [-0.05, 0) is 12.5 Å². The van der Waals surface area contributed by atoms with Crippen molar-refractivity contribution in [2.45, 2.75) is 15.0 Å². The summed E-state index contributed by atoms with van der Waals surface area (Å²) in [5.41, 5.74) is 0.189. The molecule has 0 atom stereocenters. The second kappa shape index (κ2) is 4.53. The largest absolute Gasteiger partial charge is 0.226 e. The molecule has 0 nitrogen and oxygen atoms in total. The molecule has 0 unspecified atom stereocenters. The molecule has 0 fully saturated rings. The van der Waals surface area contributed by atoms with E-state index >= 15 is 0 Å². The number of rotatable bonds is 1. The summed E-state index contributed by atoms with van der Waals surface area (Å²) in [6.07, 6.45) is 0. The summed E-state index contributed by atoms with van der Waals surface area (Å²) >= 11 is 38.7. The number of halogens is 7. The summed E-state index contributed by atoms with van der Waals surface area (Å²) in [6.45, 7) is 1.47. The summed E-state index contributed by atoms with van der Waals surface area (Å²) in [5, 5.41) is 0. The zero-order valence-electron chi connectivity index (χ0n) is 5.65. The Morgan fingerprint density at radius 2 is 1.25 bits per heavy atom. The topological polar surface area (TPSA) is 0 Å². The van der Waals surface area contributed by atoms with Crippen molar-refractivity contribution in [3.05, 3.63) is 10.1 Å². The van der Waals surface area contributed by atoms with Crippen LogP contribution in [0.25, 0.3) is 0 Å². The third kappa shape index (κ3) is 3.16. The predicted octanol–water partition coefficient (Wildman–Crippen LogP) is 5.24. The van der Waals surface area contributed by atoms with Crippen LogP contribution >= 0.6 is 81.2 Å². The SMILES string of the molecule is CC(=C(Cl)Cl)C(Cl)(Cl)C(Cl)(Cl)Cl. The van der Waals surface area contributed by atoms with Crippen LogP contribution in [0.3, 0.4) is 0 Å². The highest BCUT2D eigenvalue weighted by Gasteiger charge is 2.48. The van der Waals surface area contributed by atoms with Gasteiger partial charge in [0, 0.05) is 0 Å². The summed E-state index contributed by atoms with van der Waals surface area (Å²) in [7, 11) is 0. The lowest BCUT2D eigenvalue weighted by Crippen LogP contribution is -2.32. The zero-order chi connectivity index (χ0) is 10.2. The summed E-state index contributed by atoms with van der Waals surface area (Å²) in [5.74, 6) is 0. The molecule has 0 saturated heterocycles. The molecule has 0 saturated carbocycles. The molecule has 0 spiro atoms. The fourth-order valence-corrected chi connectivity index (χ4v) is 1.42. The van der Waals surface area contributed by atoms with Crippen LogP contribution in [0, 0.1) is 0 Å². The van der Waals surface area contributed by atoms with E-state index in [1.54, 1.807) is 0 Å². The molecular weight excluding hydrogens is 308 g/mol. The van der Waals surface area contributed by atoms with Gasteiger partial charge in [0.25, 0.3) is 0 Å². The maximum Gasteiger partial charge on any atom is 0.226 e. The fourth-order valence-electron chi connectivity index (χ4n) is 0.331. The molecule has 72 valence electrons. The van der Waals surface area contributed by atoms with E-state index in [1.807, 2.05) is 0 Å². The quantitative estimate of drug-likeness (QED) is 0.581. The molecule has 0 N–H and O–H groups in total. The van der Waals surface area contributed by atoms with E-state index in [0.29, 0.717) is 0 Å². The average molecular weight is 311 g/mol. The molecule has 0 heterocycles. The van der Waals surface area contributed by atoms with E-state index in [9.17, 15) is 0 Å². The molecule has 0 rings (SSSR count). The number of alkyl halides is 5. The minimum Gasteiger partial charge on any atom is -0.0918 e. The molecule has 0 amide bonds. The molecule has 0 aliphatic rings. The monoisotopic (exact) mass is 308 g/mol. The lowest BCUT2D eigenvalue weighted by Gasteiger charge is -2.28. The van der Waals surface area contributed by atoms with Gasteiger partial charge in [0.15, 0.2) is 4.33 Å². The van der Waals surface area contributed by atoms with Crippen LogP contribution in [-0.4, -0.2) is 8.13 Å². The smallest absolute Gasteiger partial charge is 0.0918 e. The van der Waals surface area contributed by atoms with Crippen molar-refractivity contribution < 1.29 is 0 Å². The van der Waals surface area contributed by atoms with Gasteiger partial charge in [-0.15, -0.1) is 0 Å². The molecule has 0 bridgehead atoms. The first kappa shape index (κ1) is 13.8. The van der Waals surface area contributed by atoms with Gasteiger partial charge in [-0.25, -0.2) is 0 Å². The minimum absolute atomic E-state index is 0.119. The van der Waals surface area contributed by atoms with E-state index in [2.05, 4.69) is 0 Å². The van der Waals surface area contributed by atoms with Crippen molar-refractivity contribution >= 4 is 81.2 Å². The predicted molar refractivity (Wildman–Crippen MR) is 59.1 cm³/mol. The van der Waals surface area contributed by atoms with Gasteiger partial charge in [0.05, 0.1) is 0 Å². The van der Waals surface area contributed by atoms with Crippen molar-refractivity contribution in [2.75, 3.05) is 0 Å². The maximum absolute atomic E-state index is 5.70. The van der Waals surface area contributed by atoms with Crippen LogP contribution in [-0.2, 0) is 0 Å². The van der Waals surface area contributed by atoms with Gasteiger partial charge in [-0.1, -0.05) is 81.2 Å². The highest BCUT2D eigenvalue weighted by atomic mass is 35.6. The van der Waals surface area contributed by atoms with E-state index in [1.165, 1.54) is 6.92 Å². The first-order valence-corrected chi connectivity index (χ1v) is 5.22. The minimum atomic E-state index is -1.88. The highest BCUT2D eigenvalue weighted by Crippen LogP contribution is 2.51. The highest BCUT2D eigenvalue weighted by molar-refractivity contribution is 6.76.